The average Bonchev–Trinajstić information content (AvgIpc) is 2.34. The molecular formula is C12H18ClIN4O. The molecule has 0 aliphatic heterocycles. The van der Waals surface area contributed by atoms with E-state index >= 15 is 0 Å². The quantitative estimate of drug-likeness (QED) is 0.254. The molecule has 0 saturated carbocycles. The van der Waals surface area contributed by atoms with Crippen LogP contribution in [0.25, 0.3) is 0 Å². The molecule has 0 bridgehead atoms. The molecular weight excluding hydrogens is 379 g/mol. The van der Waals surface area contributed by atoms with Crippen molar-refractivity contribution in [3.05, 3.63) is 35.5 Å². The highest BCUT2D eigenvalue weighted by Gasteiger charge is 2.00. The summed E-state index contributed by atoms with van der Waals surface area (Å²) in [5.41, 5.74) is 6.59. The summed E-state index contributed by atoms with van der Waals surface area (Å²) in [5, 5.41) is 3.41. The number of pyridine rings is 1. The van der Waals surface area contributed by atoms with E-state index in [9.17, 15) is 0 Å². The van der Waals surface area contributed by atoms with Crippen LogP contribution in [0.5, 0.6) is 5.88 Å². The van der Waals surface area contributed by atoms with Gasteiger partial charge < -0.3 is 15.8 Å². The first kappa shape index (κ1) is 18.0. The molecule has 106 valence electrons. The number of aromatic nitrogens is 1. The van der Waals surface area contributed by atoms with Crippen molar-refractivity contribution in [3.63, 3.8) is 0 Å². The second-order valence-corrected chi connectivity index (χ2v) is 4.13. The Bertz CT molecular complexity index is 439. The minimum Gasteiger partial charge on any atom is -0.475 e. The van der Waals surface area contributed by atoms with Crippen molar-refractivity contribution >= 4 is 41.5 Å². The van der Waals surface area contributed by atoms with Gasteiger partial charge in [-0.2, -0.15) is 0 Å². The van der Waals surface area contributed by atoms with E-state index in [0.29, 0.717) is 36.6 Å². The number of nitrogens with two attached hydrogens (primary N) is 1. The highest BCUT2D eigenvalue weighted by atomic mass is 127. The summed E-state index contributed by atoms with van der Waals surface area (Å²) in [6.45, 7) is 7.08. The molecule has 0 aromatic carbocycles. The molecule has 0 fully saturated rings. The molecule has 0 unspecified atom stereocenters. The SMILES string of the molecule is C=C(C)CN=C(N)NCCOc1ncccc1Cl.I. The van der Waals surface area contributed by atoms with Crippen LogP contribution in [-0.4, -0.2) is 30.6 Å². The van der Waals surface area contributed by atoms with Gasteiger partial charge in [-0.3, -0.25) is 0 Å². The molecule has 1 rings (SSSR count). The molecule has 5 nitrogen and oxygen atoms in total. The van der Waals surface area contributed by atoms with Gasteiger partial charge in [0.1, 0.15) is 11.6 Å². The van der Waals surface area contributed by atoms with Crippen LogP contribution >= 0.6 is 35.6 Å². The van der Waals surface area contributed by atoms with E-state index in [1.165, 1.54) is 0 Å². The second kappa shape index (κ2) is 9.85. The maximum atomic E-state index is 5.88. The first-order valence-corrected chi connectivity index (χ1v) is 5.89. The van der Waals surface area contributed by atoms with Gasteiger partial charge in [-0.15, -0.1) is 24.0 Å². The van der Waals surface area contributed by atoms with Crippen molar-refractivity contribution in [2.24, 2.45) is 10.7 Å². The van der Waals surface area contributed by atoms with E-state index < -0.39 is 0 Å². The van der Waals surface area contributed by atoms with E-state index in [1.807, 2.05) is 6.92 Å². The van der Waals surface area contributed by atoms with Gasteiger partial charge in [0.05, 0.1) is 13.1 Å². The van der Waals surface area contributed by atoms with Crippen molar-refractivity contribution < 1.29 is 4.74 Å². The third-order valence-corrected chi connectivity index (χ3v) is 2.18. The molecule has 0 saturated heterocycles. The first-order chi connectivity index (χ1) is 8.59. The summed E-state index contributed by atoms with van der Waals surface area (Å²) in [6.07, 6.45) is 1.62. The van der Waals surface area contributed by atoms with E-state index in [4.69, 9.17) is 22.1 Å². The third kappa shape index (κ3) is 7.89. The number of nitrogens with zero attached hydrogens (tertiary/aromatic N) is 2. The fourth-order valence-electron chi connectivity index (χ4n) is 1.08. The number of nitrogens with one attached hydrogen (secondary N) is 1. The smallest absolute Gasteiger partial charge is 0.232 e. The van der Waals surface area contributed by atoms with Crippen molar-refractivity contribution in [2.45, 2.75) is 6.92 Å². The van der Waals surface area contributed by atoms with Gasteiger partial charge in [0, 0.05) is 6.20 Å². The Labute approximate surface area is 135 Å². The number of aliphatic imine (C=N–C) groups is 1. The zero-order valence-electron chi connectivity index (χ0n) is 10.7. The lowest BCUT2D eigenvalue weighted by atomic mass is 10.4. The van der Waals surface area contributed by atoms with Crippen LogP contribution < -0.4 is 15.8 Å². The molecule has 0 radical (unpaired) electrons. The molecule has 1 aromatic rings. The molecule has 1 aromatic heterocycles. The van der Waals surface area contributed by atoms with Crippen molar-refractivity contribution in [1.29, 1.82) is 0 Å². The summed E-state index contributed by atoms with van der Waals surface area (Å²) in [5.74, 6) is 0.784. The number of hydrogen-bond donors (Lipinski definition) is 2. The summed E-state index contributed by atoms with van der Waals surface area (Å²) in [7, 11) is 0. The minimum absolute atomic E-state index is 0. The topological polar surface area (TPSA) is 72.5 Å². The van der Waals surface area contributed by atoms with Gasteiger partial charge in [-0.05, 0) is 19.1 Å². The standard InChI is InChI=1S/C12H17ClN4O.HI/c1-9(2)8-17-12(14)16-6-7-18-11-10(13)4-3-5-15-11;/h3-5H,1,6-8H2,2H3,(H3,14,16,17);1H. The Morgan fingerprint density at radius 1 is 1.63 bits per heavy atom. The van der Waals surface area contributed by atoms with Gasteiger partial charge in [-0.1, -0.05) is 23.8 Å². The summed E-state index contributed by atoms with van der Waals surface area (Å²) in [4.78, 5) is 8.07. The average molecular weight is 397 g/mol. The van der Waals surface area contributed by atoms with Gasteiger partial charge >= 0.3 is 0 Å². The molecule has 3 N–H and O–H groups in total. The number of hydrogen-bond acceptors (Lipinski definition) is 3. The van der Waals surface area contributed by atoms with E-state index in [0.717, 1.165) is 5.57 Å². The molecule has 7 heteroatoms. The fraction of sp³-hybridized carbons (Fsp3) is 0.333. The molecule has 0 aliphatic rings. The van der Waals surface area contributed by atoms with E-state index in [-0.39, 0.29) is 24.0 Å². The Morgan fingerprint density at radius 3 is 3.00 bits per heavy atom. The van der Waals surface area contributed by atoms with Gasteiger partial charge in [-0.25, -0.2) is 9.98 Å². The number of guanidine groups is 1. The number of halogens is 2. The normalized spacial score (nSPS) is 10.5. The van der Waals surface area contributed by atoms with Crippen molar-refractivity contribution in [3.8, 4) is 5.88 Å². The maximum Gasteiger partial charge on any atom is 0.232 e. The summed E-state index contributed by atoms with van der Waals surface area (Å²) in [6, 6.07) is 3.47. The third-order valence-electron chi connectivity index (χ3n) is 1.89. The highest BCUT2D eigenvalue weighted by Crippen LogP contribution is 2.19. The van der Waals surface area contributed by atoms with Crippen LogP contribution in [0.15, 0.2) is 35.5 Å². The van der Waals surface area contributed by atoms with Crippen LogP contribution in [0.2, 0.25) is 5.02 Å². The fourth-order valence-corrected chi connectivity index (χ4v) is 1.26. The van der Waals surface area contributed by atoms with Gasteiger partial charge in [0.15, 0.2) is 5.96 Å². The Hall–Kier alpha value is -1.02. The van der Waals surface area contributed by atoms with E-state index in [2.05, 4.69) is 21.9 Å². The monoisotopic (exact) mass is 396 g/mol. The highest BCUT2D eigenvalue weighted by molar-refractivity contribution is 14.0. The predicted molar refractivity (Wildman–Crippen MR) is 89.5 cm³/mol. The van der Waals surface area contributed by atoms with Crippen molar-refractivity contribution in [1.82, 2.24) is 10.3 Å². The largest absolute Gasteiger partial charge is 0.475 e. The van der Waals surface area contributed by atoms with Crippen LogP contribution in [-0.2, 0) is 0 Å². The van der Waals surface area contributed by atoms with E-state index in [1.54, 1.807) is 18.3 Å². The lowest BCUT2D eigenvalue weighted by Crippen LogP contribution is -2.35. The number of rotatable bonds is 6. The van der Waals surface area contributed by atoms with Crippen molar-refractivity contribution in [2.75, 3.05) is 19.7 Å². The maximum absolute atomic E-state index is 5.88. The van der Waals surface area contributed by atoms with Gasteiger partial charge in [0.2, 0.25) is 5.88 Å². The Morgan fingerprint density at radius 2 is 2.37 bits per heavy atom. The minimum atomic E-state index is 0. The molecule has 0 amide bonds. The predicted octanol–water partition coefficient (Wildman–Crippen LogP) is 2.21. The number of ether oxygens (including phenoxy) is 1. The van der Waals surface area contributed by atoms with Crippen LogP contribution in [0.1, 0.15) is 6.92 Å². The summed E-state index contributed by atoms with van der Waals surface area (Å²) >= 11 is 5.88. The zero-order valence-corrected chi connectivity index (χ0v) is 13.8. The van der Waals surface area contributed by atoms with Gasteiger partial charge in [0.25, 0.3) is 0 Å². The molecule has 0 spiro atoms. The first-order valence-electron chi connectivity index (χ1n) is 5.51. The Balaban J connectivity index is 0.00000324. The molecule has 0 atom stereocenters. The molecule has 19 heavy (non-hydrogen) atoms. The van der Waals surface area contributed by atoms with Crippen LogP contribution in [0.3, 0.4) is 0 Å². The second-order valence-electron chi connectivity index (χ2n) is 3.72. The molecule has 1 heterocycles. The lowest BCUT2D eigenvalue weighted by Gasteiger charge is -2.08. The molecule has 0 aliphatic carbocycles. The summed E-state index contributed by atoms with van der Waals surface area (Å²) < 4.78 is 5.38. The Kier molecular flexibility index (Phi) is 9.32. The van der Waals surface area contributed by atoms with Crippen LogP contribution in [0, 0.1) is 0 Å². The van der Waals surface area contributed by atoms with Crippen LogP contribution in [0.4, 0.5) is 0 Å². The lowest BCUT2D eigenvalue weighted by molar-refractivity contribution is 0.310. The zero-order chi connectivity index (χ0) is 13.4.